The summed E-state index contributed by atoms with van der Waals surface area (Å²) in [6.45, 7) is 5.28. The van der Waals surface area contributed by atoms with E-state index in [0.717, 1.165) is 0 Å². The smallest absolute Gasteiger partial charge is 0.379 e. The third-order valence-corrected chi connectivity index (χ3v) is 5.69. The molecule has 13 heteroatoms. The van der Waals surface area contributed by atoms with Crippen molar-refractivity contribution >= 4 is 30.0 Å². The number of benzene rings is 1. The van der Waals surface area contributed by atoms with E-state index in [1.165, 1.54) is 19.4 Å². The molecule has 0 atom stereocenters. The SMILES string of the molecule is COc1cc(/C=N\Nc2nc(N3CCOCC3)nc(N3CCOCC3)n2)ccc1OC(=O)c1ccco1. The van der Waals surface area contributed by atoms with Crippen LogP contribution in [-0.4, -0.2) is 86.9 Å². The van der Waals surface area contributed by atoms with Crippen molar-refractivity contribution in [3.05, 3.63) is 47.9 Å². The van der Waals surface area contributed by atoms with Gasteiger partial charge in [-0.05, 0) is 35.9 Å². The maximum absolute atomic E-state index is 12.2. The quantitative estimate of drug-likeness (QED) is 0.205. The maximum atomic E-state index is 12.2. The van der Waals surface area contributed by atoms with Gasteiger partial charge >= 0.3 is 5.97 Å². The maximum Gasteiger partial charge on any atom is 0.379 e. The number of furan rings is 1. The molecule has 37 heavy (non-hydrogen) atoms. The normalized spacial score (nSPS) is 16.1. The number of hydrogen-bond donors (Lipinski definition) is 1. The Labute approximate surface area is 213 Å². The summed E-state index contributed by atoms with van der Waals surface area (Å²) in [5.74, 6) is 1.58. The van der Waals surface area contributed by atoms with Gasteiger partial charge in [-0.1, -0.05) is 0 Å². The zero-order valence-corrected chi connectivity index (χ0v) is 20.3. The van der Waals surface area contributed by atoms with Crippen LogP contribution in [0.1, 0.15) is 16.1 Å². The molecule has 2 fully saturated rings. The molecule has 0 saturated carbocycles. The van der Waals surface area contributed by atoms with Crippen LogP contribution in [-0.2, 0) is 9.47 Å². The Balaban J connectivity index is 1.31. The summed E-state index contributed by atoms with van der Waals surface area (Å²) in [4.78, 5) is 30.1. The van der Waals surface area contributed by atoms with Crippen molar-refractivity contribution < 1.29 is 28.2 Å². The van der Waals surface area contributed by atoms with Gasteiger partial charge in [0.1, 0.15) is 0 Å². The van der Waals surface area contributed by atoms with E-state index in [2.05, 4.69) is 35.3 Å². The van der Waals surface area contributed by atoms with Gasteiger partial charge in [0.25, 0.3) is 0 Å². The first-order chi connectivity index (χ1) is 18.2. The number of methoxy groups -OCH3 is 1. The zero-order valence-electron chi connectivity index (χ0n) is 20.3. The lowest BCUT2D eigenvalue weighted by atomic mass is 10.2. The number of nitrogens with one attached hydrogen (secondary N) is 1. The molecule has 2 aliphatic heterocycles. The van der Waals surface area contributed by atoms with Crippen LogP contribution in [0, 0.1) is 0 Å². The first-order valence-corrected chi connectivity index (χ1v) is 11.8. The van der Waals surface area contributed by atoms with Crippen molar-refractivity contribution in [1.29, 1.82) is 0 Å². The van der Waals surface area contributed by atoms with Gasteiger partial charge in [-0.2, -0.15) is 20.1 Å². The van der Waals surface area contributed by atoms with Gasteiger partial charge in [-0.15, -0.1) is 0 Å². The van der Waals surface area contributed by atoms with Crippen molar-refractivity contribution in [2.24, 2.45) is 5.10 Å². The minimum Gasteiger partial charge on any atom is -0.493 e. The fourth-order valence-electron chi connectivity index (χ4n) is 3.77. The van der Waals surface area contributed by atoms with Crippen molar-refractivity contribution in [2.75, 3.05) is 74.9 Å². The van der Waals surface area contributed by atoms with Crippen molar-refractivity contribution in [3.8, 4) is 11.5 Å². The monoisotopic (exact) mass is 509 g/mol. The van der Waals surface area contributed by atoms with Crippen LogP contribution in [0.15, 0.2) is 46.1 Å². The number of hydrogen-bond acceptors (Lipinski definition) is 13. The van der Waals surface area contributed by atoms with Crippen LogP contribution in [0.4, 0.5) is 17.8 Å². The number of esters is 1. The van der Waals surface area contributed by atoms with E-state index in [0.29, 0.717) is 81.8 Å². The molecule has 0 bridgehead atoms. The number of carbonyl (C=O) groups excluding carboxylic acids is 1. The second-order valence-electron chi connectivity index (χ2n) is 8.10. The number of aromatic nitrogens is 3. The van der Waals surface area contributed by atoms with Crippen LogP contribution >= 0.6 is 0 Å². The molecule has 1 N–H and O–H groups in total. The molecule has 0 unspecified atom stereocenters. The van der Waals surface area contributed by atoms with Gasteiger partial charge in [0.05, 0.1) is 46.0 Å². The number of nitrogens with zero attached hydrogens (tertiary/aromatic N) is 6. The number of morpholine rings is 2. The van der Waals surface area contributed by atoms with Crippen molar-refractivity contribution in [2.45, 2.75) is 0 Å². The van der Waals surface area contributed by atoms with Gasteiger partial charge < -0.3 is 33.2 Å². The highest BCUT2D eigenvalue weighted by atomic mass is 16.6. The molecule has 0 spiro atoms. The molecule has 1 aromatic carbocycles. The summed E-state index contributed by atoms with van der Waals surface area (Å²) >= 11 is 0. The first kappa shape index (κ1) is 24.5. The number of carbonyl (C=O) groups is 1. The Morgan fingerprint density at radius 1 is 0.973 bits per heavy atom. The Morgan fingerprint density at radius 2 is 1.65 bits per heavy atom. The van der Waals surface area contributed by atoms with Gasteiger partial charge in [-0.3, -0.25) is 0 Å². The van der Waals surface area contributed by atoms with E-state index >= 15 is 0 Å². The van der Waals surface area contributed by atoms with E-state index in [4.69, 9.17) is 23.4 Å². The highest BCUT2D eigenvalue weighted by Gasteiger charge is 2.21. The average Bonchev–Trinajstić information content (AvgIpc) is 3.50. The van der Waals surface area contributed by atoms with E-state index in [9.17, 15) is 4.79 Å². The fourth-order valence-corrected chi connectivity index (χ4v) is 3.77. The summed E-state index contributed by atoms with van der Waals surface area (Å²) in [5, 5.41) is 4.30. The van der Waals surface area contributed by atoms with Crippen molar-refractivity contribution in [1.82, 2.24) is 15.0 Å². The highest BCUT2D eigenvalue weighted by Crippen LogP contribution is 2.28. The van der Waals surface area contributed by atoms with Crippen LogP contribution in [0.2, 0.25) is 0 Å². The molecule has 0 radical (unpaired) electrons. The Hall–Kier alpha value is -4.23. The molecule has 0 aliphatic carbocycles. The summed E-state index contributed by atoms with van der Waals surface area (Å²) in [6, 6.07) is 8.20. The Morgan fingerprint density at radius 3 is 2.24 bits per heavy atom. The van der Waals surface area contributed by atoms with E-state index in [1.54, 1.807) is 30.5 Å². The second kappa shape index (κ2) is 11.7. The average molecular weight is 510 g/mol. The van der Waals surface area contributed by atoms with Crippen LogP contribution in [0.25, 0.3) is 0 Å². The van der Waals surface area contributed by atoms with E-state index < -0.39 is 5.97 Å². The molecule has 2 aliphatic rings. The summed E-state index contributed by atoms with van der Waals surface area (Å²) in [6.07, 6.45) is 2.99. The predicted octanol–water partition coefficient (Wildman–Crippen LogP) is 1.81. The molecule has 13 nitrogen and oxygen atoms in total. The third-order valence-electron chi connectivity index (χ3n) is 5.69. The van der Waals surface area contributed by atoms with Crippen LogP contribution < -0.4 is 24.7 Å². The standard InChI is InChI=1S/C24H27N7O6/c1-33-20-15-17(4-5-18(20)37-21(32)19-3-2-10-36-19)16-25-29-22-26-23(30-6-11-34-12-7-30)28-24(27-22)31-8-13-35-14-9-31/h2-5,10,15-16H,6-9,11-14H2,1H3,(H,26,27,28,29)/b25-16-. The Bertz CT molecular complexity index is 1190. The molecule has 2 aromatic heterocycles. The van der Waals surface area contributed by atoms with Crippen LogP contribution in [0.3, 0.4) is 0 Å². The lowest BCUT2D eigenvalue weighted by Crippen LogP contribution is -2.40. The van der Waals surface area contributed by atoms with Crippen LogP contribution in [0.5, 0.6) is 11.5 Å². The zero-order chi connectivity index (χ0) is 25.5. The van der Waals surface area contributed by atoms with Gasteiger partial charge in [0, 0.05) is 26.2 Å². The summed E-state index contributed by atoms with van der Waals surface area (Å²) in [5.41, 5.74) is 3.61. The molecular formula is C24H27N7O6. The molecule has 194 valence electrons. The molecule has 2 saturated heterocycles. The number of hydrazone groups is 1. The van der Waals surface area contributed by atoms with Gasteiger partial charge in [0.15, 0.2) is 11.5 Å². The molecule has 3 aromatic rings. The second-order valence-corrected chi connectivity index (χ2v) is 8.10. The topological polar surface area (TPSA) is 137 Å². The number of rotatable bonds is 8. The fraction of sp³-hybridized carbons (Fsp3) is 0.375. The minimum atomic E-state index is -0.617. The molecular weight excluding hydrogens is 482 g/mol. The highest BCUT2D eigenvalue weighted by molar-refractivity contribution is 5.89. The van der Waals surface area contributed by atoms with Crippen molar-refractivity contribution in [3.63, 3.8) is 0 Å². The number of anilines is 3. The number of ether oxygens (including phenoxy) is 4. The third kappa shape index (κ3) is 6.13. The summed E-state index contributed by atoms with van der Waals surface area (Å²) < 4.78 is 26.7. The predicted molar refractivity (Wildman–Crippen MR) is 134 cm³/mol. The van der Waals surface area contributed by atoms with Gasteiger partial charge in [-0.25, -0.2) is 10.2 Å². The van der Waals surface area contributed by atoms with Gasteiger partial charge in [0.2, 0.25) is 23.6 Å². The molecule has 0 amide bonds. The Kier molecular flexibility index (Phi) is 7.72. The molecule has 5 rings (SSSR count). The lowest BCUT2D eigenvalue weighted by molar-refractivity contribution is 0.0696. The van der Waals surface area contributed by atoms with E-state index in [1.807, 2.05) is 0 Å². The molecule has 4 heterocycles. The van der Waals surface area contributed by atoms with E-state index in [-0.39, 0.29) is 11.5 Å². The first-order valence-electron chi connectivity index (χ1n) is 11.8. The lowest BCUT2D eigenvalue weighted by Gasteiger charge is -2.30. The largest absolute Gasteiger partial charge is 0.493 e. The summed E-state index contributed by atoms with van der Waals surface area (Å²) in [7, 11) is 1.49. The minimum absolute atomic E-state index is 0.0992.